The van der Waals surface area contributed by atoms with Gasteiger partial charge in [-0.2, -0.15) is 5.10 Å². The van der Waals surface area contributed by atoms with Gasteiger partial charge in [-0.05, 0) is 49.2 Å². The molecule has 2 aromatic carbocycles. The Labute approximate surface area is 186 Å². The molecule has 0 aliphatic carbocycles. The number of nitrogens with zero attached hydrogens (tertiary/aromatic N) is 1. The minimum atomic E-state index is -3.67. The van der Waals surface area contributed by atoms with E-state index in [-0.39, 0.29) is 17.5 Å². The Hall–Kier alpha value is -3.21. The van der Waals surface area contributed by atoms with E-state index in [1.54, 1.807) is 13.2 Å². The fourth-order valence-corrected chi connectivity index (χ4v) is 4.52. The fraction of sp³-hybridized carbons (Fsp3) is 0.273. The maximum atomic E-state index is 12.6. The predicted molar refractivity (Wildman–Crippen MR) is 119 cm³/mol. The summed E-state index contributed by atoms with van der Waals surface area (Å²) in [5.74, 6) is 0.615. The zero-order valence-corrected chi connectivity index (χ0v) is 18.3. The minimum absolute atomic E-state index is 0.0882. The van der Waals surface area contributed by atoms with Crippen LogP contribution in [0.3, 0.4) is 0 Å². The van der Waals surface area contributed by atoms with Crippen LogP contribution in [0.1, 0.15) is 23.2 Å². The number of ether oxygens (including phenoxy) is 2. The van der Waals surface area contributed by atoms with Crippen molar-refractivity contribution in [3.05, 3.63) is 60.2 Å². The highest BCUT2D eigenvalue weighted by Gasteiger charge is 2.20. The number of para-hydroxylation sites is 1. The average molecular weight is 457 g/mol. The van der Waals surface area contributed by atoms with Crippen molar-refractivity contribution in [1.82, 2.24) is 14.9 Å². The molecule has 3 aromatic rings. The third kappa shape index (κ3) is 4.98. The van der Waals surface area contributed by atoms with Gasteiger partial charge in [0, 0.05) is 30.3 Å². The summed E-state index contributed by atoms with van der Waals surface area (Å²) in [6.07, 6.45) is 1.68. The first-order valence-electron chi connectivity index (χ1n) is 10.2. The number of carbonyl (C=O) groups excluding carboxylic acids is 1. The molecule has 9 nitrogen and oxygen atoms in total. The Balaban J connectivity index is 1.40. The Morgan fingerprint density at radius 1 is 1.22 bits per heavy atom. The monoisotopic (exact) mass is 456 g/mol. The van der Waals surface area contributed by atoms with Crippen LogP contribution in [0, 0.1) is 0 Å². The molecule has 3 N–H and O–H groups in total. The lowest BCUT2D eigenvalue weighted by molar-refractivity contribution is 0.102. The van der Waals surface area contributed by atoms with E-state index in [4.69, 9.17) is 9.47 Å². The molecule has 2 heterocycles. The first-order valence-corrected chi connectivity index (χ1v) is 11.7. The highest BCUT2D eigenvalue weighted by Crippen LogP contribution is 2.29. The highest BCUT2D eigenvalue weighted by molar-refractivity contribution is 7.89. The molecule has 1 fully saturated rings. The first-order chi connectivity index (χ1) is 15.5. The molecule has 1 amide bonds. The number of H-pyrrole nitrogens is 1. The Bertz CT molecular complexity index is 1190. The summed E-state index contributed by atoms with van der Waals surface area (Å²) in [5, 5.41) is 9.70. The van der Waals surface area contributed by atoms with Crippen LogP contribution in [0.15, 0.2) is 59.5 Å². The Morgan fingerprint density at radius 2 is 2.00 bits per heavy atom. The number of aromatic amines is 1. The molecule has 1 aliphatic heterocycles. The molecule has 0 saturated carbocycles. The van der Waals surface area contributed by atoms with Gasteiger partial charge in [0.1, 0.15) is 5.75 Å². The second kappa shape index (κ2) is 9.51. The van der Waals surface area contributed by atoms with Crippen LogP contribution in [0.5, 0.6) is 5.75 Å². The summed E-state index contributed by atoms with van der Waals surface area (Å²) in [6.45, 7) is 0.894. The number of anilines is 1. The van der Waals surface area contributed by atoms with E-state index >= 15 is 0 Å². The zero-order chi connectivity index (χ0) is 22.6. The van der Waals surface area contributed by atoms with Crippen molar-refractivity contribution < 1.29 is 22.7 Å². The van der Waals surface area contributed by atoms with Crippen molar-refractivity contribution in [2.75, 3.05) is 25.6 Å². The van der Waals surface area contributed by atoms with Crippen LogP contribution in [-0.2, 0) is 14.8 Å². The third-order valence-electron chi connectivity index (χ3n) is 5.17. The van der Waals surface area contributed by atoms with Crippen LogP contribution in [0.25, 0.3) is 11.3 Å². The van der Waals surface area contributed by atoms with Crippen molar-refractivity contribution in [1.29, 1.82) is 0 Å². The van der Waals surface area contributed by atoms with Crippen molar-refractivity contribution in [2.24, 2.45) is 0 Å². The molecule has 1 atom stereocenters. The lowest BCUT2D eigenvalue weighted by atomic mass is 10.1. The number of methoxy groups -OCH3 is 1. The second-order valence-electron chi connectivity index (χ2n) is 7.33. The number of aromatic nitrogens is 2. The lowest BCUT2D eigenvalue weighted by Crippen LogP contribution is -2.31. The highest BCUT2D eigenvalue weighted by atomic mass is 32.2. The summed E-state index contributed by atoms with van der Waals surface area (Å²) < 4.78 is 38.3. The van der Waals surface area contributed by atoms with Crippen molar-refractivity contribution in [3.8, 4) is 17.0 Å². The SMILES string of the molecule is COc1ccccc1-c1cc(NC(=O)c2ccc(S(=O)(=O)NCC3CCCO3)cc2)n[nH]1. The van der Waals surface area contributed by atoms with Crippen LogP contribution in [-0.4, -0.2) is 50.9 Å². The van der Waals surface area contributed by atoms with Crippen molar-refractivity contribution >= 4 is 21.7 Å². The summed E-state index contributed by atoms with van der Waals surface area (Å²) in [5.41, 5.74) is 1.81. The van der Waals surface area contributed by atoms with E-state index in [1.165, 1.54) is 24.3 Å². The molecule has 1 aliphatic rings. The topological polar surface area (TPSA) is 122 Å². The van der Waals surface area contributed by atoms with Gasteiger partial charge in [0.15, 0.2) is 5.82 Å². The number of nitrogens with one attached hydrogen (secondary N) is 3. The van der Waals surface area contributed by atoms with Gasteiger partial charge in [-0.25, -0.2) is 13.1 Å². The van der Waals surface area contributed by atoms with Gasteiger partial charge >= 0.3 is 0 Å². The van der Waals surface area contributed by atoms with E-state index in [0.29, 0.717) is 29.4 Å². The number of hydrogen-bond acceptors (Lipinski definition) is 6. The molecule has 1 saturated heterocycles. The van der Waals surface area contributed by atoms with Gasteiger partial charge < -0.3 is 14.8 Å². The average Bonchev–Trinajstić information content (AvgIpc) is 3.50. The molecule has 0 bridgehead atoms. The van der Waals surface area contributed by atoms with Gasteiger partial charge in [-0.15, -0.1) is 0 Å². The van der Waals surface area contributed by atoms with Gasteiger partial charge in [0.05, 0.1) is 23.8 Å². The van der Waals surface area contributed by atoms with Gasteiger partial charge in [0.25, 0.3) is 5.91 Å². The largest absolute Gasteiger partial charge is 0.496 e. The maximum absolute atomic E-state index is 12.6. The second-order valence-corrected chi connectivity index (χ2v) is 9.10. The van der Waals surface area contributed by atoms with Gasteiger partial charge in [-0.3, -0.25) is 9.89 Å². The van der Waals surface area contributed by atoms with E-state index < -0.39 is 15.9 Å². The Kier molecular flexibility index (Phi) is 6.54. The van der Waals surface area contributed by atoms with Crippen molar-refractivity contribution in [3.63, 3.8) is 0 Å². The number of carbonyl (C=O) groups is 1. The summed E-state index contributed by atoms with van der Waals surface area (Å²) in [6, 6.07) is 14.9. The number of amides is 1. The predicted octanol–water partition coefficient (Wildman–Crippen LogP) is 2.79. The van der Waals surface area contributed by atoms with Gasteiger partial charge in [0.2, 0.25) is 10.0 Å². The number of rotatable bonds is 8. The molecule has 0 radical (unpaired) electrons. The standard InChI is InChI=1S/C22H24N4O5S/c1-30-20-7-3-2-6-18(20)19-13-21(26-25-19)24-22(27)15-8-10-17(11-9-15)32(28,29)23-14-16-5-4-12-31-16/h2-3,6-11,13,16,23H,4-5,12,14H2,1H3,(H2,24,25,26,27). The van der Waals surface area contributed by atoms with E-state index in [2.05, 4.69) is 20.2 Å². The lowest BCUT2D eigenvalue weighted by Gasteiger charge is -2.11. The maximum Gasteiger partial charge on any atom is 0.256 e. The Morgan fingerprint density at radius 3 is 2.72 bits per heavy atom. The number of sulfonamides is 1. The van der Waals surface area contributed by atoms with Crippen LogP contribution in [0.2, 0.25) is 0 Å². The van der Waals surface area contributed by atoms with E-state index in [0.717, 1.165) is 18.4 Å². The van der Waals surface area contributed by atoms with Crippen molar-refractivity contribution in [2.45, 2.75) is 23.8 Å². The quantitative estimate of drug-likeness (QED) is 0.479. The fourth-order valence-electron chi connectivity index (χ4n) is 3.46. The normalized spacial score (nSPS) is 16.1. The van der Waals surface area contributed by atoms with Crippen LogP contribution >= 0.6 is 0 Å². The molecule has 1 aromatic heterocycles. The summed E-state index contributed by atoms with van der Waals surface area (Å²) >= 11 is 0. The van der Waals surface area contributed by atoms with Gasteiger partial charge in [-0.1, -0.05) is 12.1 Å². The third-order valence-corrected chi connectivity index (χ3v) is 6.61. The molecule has 0 spiro atoms. The molecule has 32 heavy (non-hydrogen) atoms. The molecule has 1 unspecified atom stereocenters. The molecule has 10 heteroatoms. The van der Waals surface area contributed by atoms with E-state index in [1.807, 2.05) is 24.3 Å². The minimum Gasteiger partial charge on any atom is -0.496 e. The molecular formula is C22H24N4O5S. The molecule has 4 rings (SSSR count). The number of benzene rings is 2. The summed E-state index contributed by atoms with van der Waals surface area (Å²) in [7, 11) is -2.09. The molecule has 168 valence electrons. The van der Waals surface area contributed by atoms with E-state index in [9.17, 15) is 13.2 Å². The first kappa shape index (κ1) is 22.0. The summed E-state index contributed by atoms with van der Waals surface area (Å²) in [4.78, 5) is 12.7. The van der Waals surface area contributed by atoms with Crippen LogP contribution < -0.4 is 14.8 Å². The zero-order valence-electron chi connectivity index (χ0n) is 17.5. The van der Waals surface area contributed by atoms with Crippen LogP contribution in [0.4, 0.5) is 5.82 Å². The molecular weight excluding hydrogens is 432 g/mol. The smallest absolute Gasteiger partial charge is 0.256 e. The number of hydrogen-bond donors (Lipinski definition) is 3.